The maximum Gasteiger partial charge on any atom is 0.337 e. The van der Waals surface area contributed by atoms with Crippen molar-refractivity contribution in [2.75, 3.05) is 13.2 Å². The number of aromatic carboxylic acids is 1. The molecule has 1 aromatic carbocycles. The zero-order valence-electron chi connectivity index (χ0n) is 11.4. The van der Waals surface area contributed by atoms with E-state index in [4.69, 9.17) is 21.4 Å². The predicted octanol–water partition coefficient (Wildman–Crippen LogP) is 1.88. The Bertz CT molecular complexity index is 633. The van der Waals surface area contributed by atoms with Gasteiger partial charge in [0, 0.05) is 6.54 Å². The minimum Gasteiger partial charge on any atom is -0.478 e. The van der Waals surface area contributed by atoms with Gasteiger partial charge in [-0.1, -0.05) is 11.6 Å². The Kier molecular flexibility index (Phi) is 6.09. The van der Waals surface area contributed by atoms with Gasteiger partial charge in [0.15, 0.2) is 0 Å². The second-order valence-corrected chi connectivity index (χ2v) is 6.53. The van der Waals surface area contributed by atoms with Crippen molar-refractivity contribution in [2.45, 2.75) is 24.8 Å². The first-order valence-electron chi connectivity index (χ1n) is 5.98. The third-order valence-corrected chi connectivity index (χ3v) is 4.21. The first-order chi connectivity index (χ1) is 9.65. The molecule has 0 atom stereocenters. The van der Waals surface area contributed by atoms with Gasteiger partial charge >= 0.3 is 5.97 Å². The maximum absolute atomic E-state index is 13.5. The van der Waals surface area contributed by atoms with E-state index in [1.54, 1.807) is 13.8 Å². The summed E-state index contributed by atoms with van der Waals surface area (Å²) in [6, 6.07) is 1.47. The van der Waals surface area contributed by atoms with Gasteiger partial charge in [-0.3, -0.25) is 0 Å². The van der Waals surface area contributed by atoms with Gasteiger partial charge in [0.25, 0.3) is 0 Å². The predicted molar refractivity (Wildman–Crippen MR) is 74.6 cm³/mol. The van der Waals surface area contributed by atoms with Crippen LogP contribution in [0.3, 0.4) is 0 Å². The largest absolute Gasteiger partial charge is 0.478 e. The summed E-state index contributed by atoms with van der Waals surface area (Å²) < 4.78 is 44.8. The van der Waals surface area contributed by atoms with E-state index in [0.717, 1.165) is 6.07 Å². The number of halogens is 2. The van der Waals surface area contributed by atoms with Gasteiger partial charge in [-0.05, 0) is 26.0 Å². The zero-order valence-corrected chi connectivity index (χ0v) is 13.0. The average molecular weight is 340 g/mol. The molecule has 0 unspecified atom stereocenters. The van der Waals surface area contributed by atoms with Crippen LogP contribution in [0, 0.1) is 5.82 Å². The molecule has 0 fully saturated rings. The molecule has 0 spiro atoms. The standard InChI is InChI=1S/C12H15ClFNO5S/c1-7(2)20-4-3-15-21(18,19)8-5-9(12(16)17)11(13)10(14)6-8/h5-7,15H,3-4H2,1-2H3,(H,16,17). The molecule has 1 rings (SSSR count). The van der Waals surface area contributed by atoms with E-state index in [-0.39, 0.29) is 19.3 Å². The van der Waals surface area contributed by atoms with Crippen LogP contribution >= 0.6 is 11.6 Å². The topological polar surface area (TPSA) is 92.7 Å². The van der Waals surface area contributed by atoms with Crippen LogP contribution in [0.15, 0.2) is 17.0 Å². The monoisotopic (exact) mass is 339 g/mol. The second kappa shape index (κ2) is 7.17. The fourth-order valence-corrected chi connectivity index (χ4v) is 2.67. The SMILES string of the molecule is CC(C)OCCNS(=O)(=O)c1cc(F)c(Cl)c(C(=O)O)c1. The van der Waals surface area contributed by atoms with Crippen LogP contribution in [0.4, 0.5) is 4.39 Å². The molecular weight excluding hydrogens is 325 g/mol. The van der Waals surface area contributed by atoms with Gasteiger partial charge < -0.3 is 9.84 Å². The lowest BCUT2D eigenvalue weighted by Gasteiger charge is -2.10. The van der Waals surface area contributed by atoms with E-state index in [2.05, 4.69) is 4.72 Å². The summed E-state index contributed by atoms with van der Waals surface area (Å²) in [6.07, 6.45) is -0.0545. The fraction of sp³-hybridized carbons (Fsp3) is 0.417. The van der Waals surface area contributed by atoms with Gasteiger partial charge in [-0.25, -0.2) is 22.3 Å². The van der Waals surface area contributed by atoms with Crippen molar-refractivity contribution in [3.63, 3.8) is 0 Å². The van der Waals surface area contributed by atoms with Crippen molar-refractivity contribution in [1.82, 2.24) is 4.72 Å². The normalized spacial score (nSPS) is 11.9. The van der Waals surface area contributed by atoms with Crippen LogP contribution in [-0.4, -0.2) is 38.7 Å². The molecule has 6 nitrogen and oxygen atoms in total. The Hall–Kier alpha value is -1.22. The van der Waals surface area contributed by atoms with Crippen LogP contribution in [0.2, 0.25) is 5.02 Å². The lowest BCUT2D eigenvalue weighted by Crippen LogP contribution is -2.28. The van der Waals surface area contributed by atoms with E-state index in [0.29, 0.717) is 6.07 Å². The summed E-state index contributed by atoms with van der Waals surface area (Å²) in [5.74, 6) is -2.63. The molecular formula is C12H15ClFNO5S. The number of carboxylic acids is 1. The van der Waals surface area contributed by atoms with Crippen molar-refractivity contribution < 1.29 is 27.4 Å². The van der Waals surface area contributed by atoms with Crippen LogP contribution in [-0.2, 0) is 14.8 Å². The van der Waals surface area contributed by atoms with E-state index < -0.39 is 37.3 Å². The number of carboxylic acid groups (broad SMARTS) is 1. The summed E-state index contributed by atoms with van der Waals surface area (Å²) in [5, 5.41) is 8.23. The summed E-state index contributed by atoms with van der Waals surface area (Å²) in [6.45, 7) is 3.70. The summed E-state index contributed by atoms with van der Waals surface area (Å²) in [5.41, 5.74) is -0.615. The molecule has 9 heteroatoms. The van der Waals surface area contributed by atoms with Gasteiger partial charge in [-0.15, -0.1) is 0 Å². The highest BCUT2D eigenvalue weighted by Crippen LogP contribution is 2.24. The first kappa shape index (κ1) is 17.8. The molecule has 0 saturated carbocycles. The molecule has 0 saturated heterocycles. The highest BCUT2D eigenvalue weighted by atomic mass is 35.5. The molecule has 21 heavy (non-hydrogen) atoms. The number of carbonyl (C=O) groups is 1. The smallest absolute Gasteiger partial charge is 0.337 e. The molecule has 0 aromatic heterocycles. The van der Waals surface area contributed by atoms with Crippen molar-refractivity contribution in [2.24, 2.45) is 0 Å². The third-order valence-electron chi connectivity index (χ3n) is 2.39. The number of hydrogen-bond acceptors (Lipinski definition) is 4. The van der Waals surface area contributed by atoms with Gasteiger partial charge in [0.2, 0.25) is 10.0 Å². The van der Waals surface area contributed by atoms with E-state index in [1.165, 1.54) is 0 Å². The third kappa shape index (κ3) is 4.92. The van der Waals surface area contributed by atoms with E-state index in [9.17, 15) is 17.6 Å². The Morgan fingerprint density at radius 3 is 2.62 bits per heavy atom. The quantitative estimate of drug-likeness (QED) is 0.740. The molecule has 0 radical (unpaired) electrons. The molecule has 118 valence electrons. The van der Waals surface area contributed by atoms with Crippen LogP contribution in [0.5, 0.6) is 0 Å². The van der Waals surface area contributed by atoms with Crippen LogP contribution in [0.1, 0.15) is 24.2 Å². The average Bonchev–Trinajstić information content (AvgIpc) is 2.37. The maximum atomic E-state index is 13.5. The molecule has 1 aromatic rings. The number of sulfonamides is 1. The summed E-state index contributed by atoms with van der Waals surface area (Å²) in [7, 11) is -4.05. The molecule has 0 amide bonds. The lowest BCUT2D eigenvalue weighted by atomic mass is 10.2. The molecule has 0 heterocycles. The van der Waals surface area contributed by atoms with E-state index >= 15 is 0 Å². The second-order valence-electron chi connectivity index (χ2n) is 4.39. The minimum atomic E-state index is -4.05. The van der Waals surface area contributed by atoms with Gasteiger partial charge in [0.05, 0.1) is 28.2 Å². The van der Waals surface area contributed by atoms with E-state index in [1.807, 2.05) is 0 Å². The fourth-order valence-electron chi connectivity index (χ4n) is 1.43. The van der Waals surface area contributed by atoms with Crippen LogP contribution < -0.4 is 4.72 Å². The molecule has 0 aliphatic heterocycles. The zero-order chi connectivity index (χ0) is 16.2. The van der Waals surface area contributed by atoms with Crippen molar-refractivity contribution >= 4 is 27.6 Å². The highest BCUT2D eigenvalue weighted by molar-refractivity contribution is 7.89. The number of nitrogens with one attached hydrogen (secondary N) is 1. The Balaban J connectivity index is 2.96. The molecule has 0 aliphatic rings. The Morgan fingerprint density at radius 1 is 1.48 bits per heavy atom. The Labute approximate surface area is 126 Å². The van der Waals surface area contributed by atoms with Crippen molar-refractivity contribution in [1.29, 1.82) is 0 Å². The van der Waals surface area contributed by atoms with Crippen molar-refractivity contribution in [3.8, 4) is 0 Å². The van der Waals surface area contributed by atoms with Gasteiger partial charge in [-0.2, -0.15) is 0 Å². The number of ether oxygens (including phenoxy) is 1. The van der Waals surface area contributed by atoms with Crippen LogP contribution in [0.25, 0.3) is 0 Å². The van der Waals surface area contributed by atoms with Gasteiger partial charge in [0.1, 0.15) is 5.82 Å². The first-order valence-corrected chi connectivity index (χ1v) is 7.85. The highest BCUT2D eigenvalue weighted by Gasteiger charge is 2.21. The molecule has 0 bridgehead atoms. The summed E-state index contributed by atoms with van der Waals surface area (Å²) in [4.78, 5) is 10.4. The number of hydrogen-bond donors (Lipinski definition) is 2. The molecule has 2 N–H and O–H groups in total. The molecule has 0 aliphatic carbocycles. The number of benzene rings is 1. The number of rotatable bonds is 7. The van der Waals surface area contributed by atoms with Crippen molar-refractivity contribution in [3.05, 3.63) is 28.5 Å². The Morgan fingerprint density at radius 2 is 2.10 bits per heavy atom. The minimum absolute atomic E-state index is 0.0207. The lowest BCUT2D eigenvalue weighted by molar-refractivity contribution is 0.0696. The summed E-state index contributed by atoms with van der Waals surface area (Å²) >= 11 is 5.48.